The van der Waals surface area contributed by atoms with Gasteiger partial charge in [-0.15, -0.1) is 0 Å². The second kappa shape index (κ2) is 5.76. The quantitative estimate of drug-likeness (QED) is 0.756. The van der Waals surface area contributed by atoms with Crippen molar-refractivity contribution in [3.05, 3.63) is 42.0 Å². The molecule has 6 nitrogen and oxygen atoms in total. The number of hydrogen-bond donors (Lipinski definition) is 2. The molecule has 0 unspecified atom stereocenters. The van der Waals surface area contributed by atoms with Crippen LogP contribution in [0.25, 0.3) is 22.0 Å². The van der Waals surface area contributed by atoms with Crippen molar-refractivity contribution in [1.29, 1.82) is 0 Å². The molecule has 2 aromatic carbocycles. The number of aryl methyl sites for hydroxylation is 1. The molecule has 4 N–H and O–H groups in total. The summed E-state index contributed by atoms with van der Waals surface area (Å²) in [4.78, 5) is 8.52. The van der Waals surface area contributed by atoms with Gasteiger partial charge in [-0.25, -0.2) is 13.4 Å². The fourth-order valence-corrected chi connectivity index (χ4v) is 3.70. The van der Waals surface area contributed by atoms with E-state index in [2.05, 4.69) is 9.97 Å². The van der Waals surface area contributed by atoms with E-state index in [0.29, 0.717) is 16.2 Å². The lowest BCUT2D eigenvalue weighted by Crippen LogP contribution is -2.04. The fourth-order valence-electron chi connectivity index (χ4n) is 2.78. The summed E-state index contributed by atoms with van der Waals surface area (Å²) in [5.74, 6) is 0.505. The number of rotatable bonds is 3. The molecule has 0 saturated heterocycles. The molecule has 0 aliphatic rings. The van der Waals surface area contributed by atoms with E-state index in [9.17, 15) is 8.42 Å². The number of nitrogens with zero attached hydrogens (tertiary/aromatic N) is 2. The van der Waals surface area contributed by atoms with Crippen LogP contribution in [0.4, 0.5) is 11.8 Å². The standard InChI is InChI=1S/C17H18N4O2S/c1-3-24(22,23)12-6-4-5-11(9-12)13-7-8-14-15(10(13)2)16(18)21-17(19)20-14/h4-9H,3H2,1-2H3,(H4,18,19,20,21). The molecule has 1 heterocycles. The zero-order valence-corrected chi connectivity index (χ0v) is 14.3. The summed E-state index contributed by atoms with van der Waals surface area (Å²) in [5.41, 5.74) is 14.9. The van der Waals surface area contributed by atoms with E-state index in [1.165, 1.54) is 0 Å². The van der Waals surface area contributed by atoms with Crippen LogP contribution < -0.4 is 11.5 Å². The van der Waals surface area contributed by atoms with E-state index in [1.807, 2.05) is 25.1 Å². The smallest absolute Gasteiger partial charge is 0.222 e. The lowest BCUT2D eigenvalue weighted by molar-refractivity contribution is 0.597. The molecule has 0 bridgehead atoms. The van der Waals surface area contributed by atoms with E-state index in [0.717, 1.165) is 22.1 Å². The topological polar surface area (TPSA) is 112 Å². The number of aromatic nitrogens is 2. The maximum absolute atomic E-state index is 12.1. The molecule has 0 spiro atoms. The number of hydrogen-bond acceptors (Lipinski definition) is 6. The molecule has 0 fully saturated rings. The molecule has 1 aromatic heterocycles. The van der Waals surface area contributed by atoms with Gasteiger partial charge in [-0.05, 0) is 41.8 Å². The van der Waals surface area contributed by atoms with Gasteiger partial charge in [-0.3, -0.25) is 0 Å². The molecule has 0 amide bonds. The van der Waals surface area contributed by atoms with Crippen molar-refractivity contribution in [1.82, 2.24) is 9.97 Å². The molecule has 0 aliphatic carbocycles. The van der Waals surface area contributed by atoms with E-state index < -0.39 is 9.84 Å². The van der Waals surface area contributed by atoms with E-state index in [1.54, 1.807) is 25.1 Å². The van der Waals surface area contributed by atoms with E-state index >= 15 is 0 Å². The Bertz CT molecular complexity index is 1050. The second-order valence-electron chi connectivity index (χ2n) is 5.53. The summed E-state index contributed by atoms with van der Waals surface area (Å²) >= 11 is 0. The number of anilines is 2. The Balaban J connectivity index is 2.24. The third-order valence-corrected chi connectivity index (χ3v) is 5.79. The monoisotopic (exact) mass is 342 g/mol. The number of fused-ring (bicyclic) bond motifs is 1. The summed E-state index contributed by atoms with van der Waals surface area (Å²) in [6.07, 6.45) is 0. The zero-order valence-electron chi connectivity index (χ0n) is 13.4. The summed E-state index contributed by atoms with van der Waals surface area (Å²) in [6.45, 7) is 3.54. The highest BCUT2D eigenvalue weighted by molar-refractivity contribution is 7.91. The Kier molecular flexibility index (Phi) is 3.88. The van der Waals surface area contributed by atoms with E-state index in [-0.39, 0.29) is 11.7 Å². The van der Waals surface area contributed by atoms with Gasteiger partial charge in [0.2, 0.25) is 5.95 Å². The molecule has 3 aromatic rings. The van der Waals surface area contributed by atoms with Gasteiger partial charge in [0.15, 0.2) is 9.84 Å². The third kappa shape index (κ3) is 2.67. The minimum absolute atomic E-state index is 0.0627. The molecule has 0 saturated carbocycles. The molecular formula is C17H18N4O2S. The molecular weight excluding hydrogens is 324 g/mol. The molecule has 3 rings (SSSR count). The highest BCUT2D eigenvalue weighted by Gasteiger charge is 2.15. The molecule has 124 valence electrons. The largest absolute Gasteiger partial charge is 0.383 e. The van der Waals surface area contributed by atoms with Gasteiger partial charge >= 0.3 is 0 Å². The van der Waals surface area contributed by atoms with E-state index in [4.69, 9.17) is 11.5 Å². The van der Waals surface area contributed by atoms with Gasteiger partial charge in [0.25, 0.3) is 0 Å². The van der Waals surface area contributed by atoms with Gasteiger partial charge in [0, 0.05) is 5.39 Å². The Hall–Kier alpha value is -2.67. The van der Waals surface area contributed by atoms with Crippen LogP contribution in [0, 0.1) is 6.92 Å². The first kappa shape index (κ1) is 16.2. The van der Waals surface area contributed by atoms with Gasteiger partial charge in [-0.2, -0.15) is 4.98 Å². The normalized spacial score (nSPS) is 11.8. The van der Waals surface area contributed by atoms with Crippen LogP contribution in [0.15, 0.2) is 41.3 Å². The number of sulfone groups is 1. The van der Waals surface area contributed by atoms with Crippen molar-refractivity contribution >= 4 is 32.5 Å². The predicted molar refractivity (Wildman–Crippen MR) is 96.3 cm³/mol. The highest BCUT2D eigenvalue weighted by atomic mass is 32.2. The average Bonchev–Trinajstić information content (AvgIpc) is 2.54. The van der Waals surface area contributed by atoms with Gasteiger partial charge in [0.05, 0.1) is 16.2 Å². The Labute approximate surface area is 140 Å². The van der Waals surface area contributed by atoms with Crippen LogP contribution in [0.3, 0.4) is 0 Å². The molecule has 24 heavy (non-hydrogen) atoms. The summed E-state index contributed by atoms with van der Waals surface area (Å²) in [5, 5.41) is 0.727. The second-order valence-corrected chi connectivity index (χ2v) is 7.81. The highest BCUT2D eigenvalue weighted by Crippen LogP contribution is 2.32. The van der Waals surface area contributed by atoms with Gasteiger partial charge in [0.1, 0.15) is 5.82 Å². The van der Waals surface area contributed by atoms with Gasteiger partial charge < -0.3 is 11.5 Å². The van der Waals surface area contributed by atoms with Crippen LogP contribution >= 0.6 is 0 Å². The summed E-state index contributed by atoms with van der Waals surface area (Å²) in [6, 6.07) is 10.6. The maximum Gasteiger partial charge on any atom is 0.222 e. The van der Waals surface area contributed by atoms with Crippen LogP contribution in [0.5, 0.6) is 0 Å². The zero-order chi connectivity index (χ0) is 17.5. The predicted octanol–water partition coefficient (Wildman–Crippen LogP) is 2.56. The Morgan fingerprint density at radius 1 is 1.08 bits per heavy atom. The SMILES string of the molecule is CCS(=O)(=O)c1cccc(-c2ccc3nc(N)nc(N)c3c2C)c1. The Morgan fingerprint density at radius 2 is 1.83 bits per heavy atom. The van der Waals surface area contributed by atoms with Crippen molar-refractivity contribution in [2.45, 2.75) is 18.7 Å². The molecule has 7 heteroatoms. The number of nitrogens with two attached hydrogens (primary N) is 2. The summed E-state index contributed by atoms with van der Waals surface area (Å²) < 4.78 is 24.2. The average molecular weight is 342 g/mol. The van der Waals surface area contributed by atoms with Crippen molar-refractivity contribution in [2.75, 3.05) is 17.2 Å². The summed E-state index contributed by atoms with van der Waals surface area (Å²) in [7, 11) is -3.26. The van der Waals surface area contributed by atoms with Crippen LogP contribution in [0.2, 0.25) is 0 Å². The first-order valence-corrected chi connectivity index (χ1v) is 9.14. The van der Waals surface area contributed by atoms with Crippen LogP contribution in [-0.2, 0) is 9.84 Å². The van der Waals surface area contributed by atoms with Crippen molar-refractivity contribution in [2.24, 2.45) is 0 Å². The maximum atomic E-state index is 12.1. The van der Waals surface area contributed by atoms with Crippen LogP contribution in [-0.4, -0.2) is 24.1 Å². The first-order chi connectivity index (χ1) is 11.3. The fraction of sp³-hybridized carbons (Fsp3) is 0.176. The molecule has 0 radical (unpaired) electrons. The lowest BCUT2D eigenvalue weighted by Gasteiger charge is -2.12. The number of benzene rings is 2. The van der Waals surface area contributed by atoms with Crippen molar-refractivity contribution in [3.63, 3.8) is 0 Å². The molecule has 0 aliphatic heterocycles. The first-order valence-electron chi connectivity index (χ1n) is 7.49. The van der Waals surface area contributed by atoms with Crippen LogP contribution in [0.1, 0.15) is 12.5 Å². The number of nitrogen functional groups attached to an aromatic ring is 2. The van der Waals surface area contributed by atoms with Crippen molar-refractivity contribution in [3.8, 4) is 11.1 Å². The minimum Gasteiger partial charge on any atom is -0.383 e. The molecule has 0 atom stereocenters. The third-order valence-electron chi connectivity index (χ3n) is 4.05. The lowest BCUT2D eigenvalue weighted by atomic mass is 9.97. The Morgan fingerprint density at radius 3 is 2.54 bits per heavy atom. The van der Waals surface area contributed by atoms with Gasteiger partial charge in [-0.1, -0.05) is 25.1 Å². The minimum atomic E-state index is -3.26. The van der Waals surface area contributed by atoms with Crippen molar-refractivity contribution < 1.29 is 8.42 Å².